The molecule has 0 fully saturated rings. The van der Waals surface area contributed by atoms with Gasteiger partial charge in [0.15, 0.2) is 0 Å². The second-order valence-corrected chi connectivity index (χ2v) is 13.6. The lowest BCUT2D eigenvalue weighted by molar-refractivity contribution is 0.570. The first kappa shape index (κ1) is 22.9. The summed E-state index contributed by atoms with van der Waals surface area (Å²) in [5, 5.41) is 3.93. The molecule has 170 valence electrons. The Labute approximate surface area is 209 Å². The van der Waals surface area contributed by atoms with Crippen molar-refractivity contribution in [2.75, 3.05) is 0 Å². The quantitative estimate of drug-likeness (QED) is 0.260. The number of hydrogen-bond acceptors (Lipinski definition) is 5. The summed E-state index contributed by atoms with van der Waals surface area (Å²) < 4.78 is 2.52. The second kappa shape index (κ2) is 8.75. The number of fused-ring (bicyclic) bond motifs is 5. The molecule has 4 aromatic rings. The third-order valence-corrected chi connectivity index (χ3v) is 9.47. The Morgan fingerprint density at radius 3 is 2.73 bits per heavy atom. The Morgan fingerprint density at radius 2 is 2.00 bits per heavy atom. The fourth-order valence-corrected chi connectivity index (χ4v) is 8.37. The fraction of sp³-hybridized carbons (Fsp3) is 0.357. The zero-order valence-corrected chi connectivity index (χ0v) is 22.4. The van der Waals surface area contributed by atoms with Crippen LogP contribution in [0.2, 0.25) is 0 Å². The fourth-order valence-electron chi connectivity index (χ4n) is 4.79. The van der Waals surface area contributed by atoms with Crippen molar-refractivity contribution >= 4 is 55.2 Å². The highest BCUT2D eigenvalue weighted by Crippen LogP contribution is 2.48. The van der Waals surface area contributed by atoms with Crippen LogP contribution in [0.1, 0.15) is 52.2 Å². The van der Waals surface area contributed by atoms with Crippen molar-refractivity contribution in [3.8, 4) is 11.3 Å². The summed E-state index contributed by atoms with van der Waals surface area (Å²) in [6.45, 7) is 15.4. The van der Waals surface area contributed by atoms with Crippen molar-refractivity contribution in [1.82, 2.24) is 9.97 Å². The molecule has 1 unspecified atom stereocenters. The highest BCUT2D eigenvalue weighted by molar-refractivity contribution is 8.02. The monoisotopic (exact) mass is 490 g/mol. The number of hydrogen-bond donors (Lipinski definition) is 0. The van der Waals surface area contributed by atoms with E-state index in [1.807, 2.05) is 16.7 Å². The molecule has 2 aromatic heterocycles. The minimum atomic E-state index is 0.0388. The Bertz CT molecular complexity index is 1360. The molecule has 0 saturated carbocycles. The molecule has 1 aliphatic rings. The summed E-state index contributed by atoms with van der Waals surface area (Å²) in [5.74, 6) is 0.722. The number of aromatic nitrogens is 2. The second-order valence-electron chi connectivity index (χ2n) is 10.2. The number of benzene rings is 2. The molecule has 2 aromatic carbocycles. The summed E-state index contributed by atoms with van der Waals surface area (Å²) >= 11 is 5.58. The maximum absolute atomic E-state index is 4.81. The summed E-state index contributed by atoms with van der Waals surface area (Å²) in [6.07, 6.45) is 4.15. The van der Waals surface area contributed by atoms with Gasteiger partial charge in [0.05, 0.1) is 15.9 Å². The van der Waals surface area contributed by atoms with Crippen molar-refractivity contribution in [2.45, 2.75) is 67.9 Å². The first-order valence-electron chi connectivity index (χ1n) is 11.5. The summed E-state index contributed by atoms with van der Waals surface area (Å²) in [7, 11) is 0. The molecule has 5 rings (SSSR count). The van der Waals surface area contributed by atoms with Crippen LogP contribution in [0.3, 0.4) is 0 Å². The smallest absolute Gasteiger partial charge is 0.116 e. The zero-order valence-electron chi connectivity index (χ0n) is 19.9. The van der Waals surface area contributed by atoms with Crippen LogP contribution in [0.4, 0.5) is 0 Å². The molecule has 33 heavy (non-hydrogen) atoms. The summed E-state index contributed by atoms with van der Waals surface area (Å²) in [4.78, 5) is 12.3. The van der Waals surface area contributed by atoms with E-state index in [4.69, 9.17) is 9.97 Å². The largest absolute Gasteiger partial charge is 0.235 e. The highest BCUT2D eigenvalue weighted by atomic mass is 32.2. The Morgan fingerprint density at radius 1 is 1.18 bits per heavy atom. The van der Waals surface area contributed by atoms with Crippen LogP contribution in [0.15, 0.2) is 58.4 Å². The Balaban J connectivity index is 1.67. The van der Waals surface area contributed by atoms with Gasteiger partial charge in [0.25, 0.3) is 0 Å². The predicted octanol–water partition coefficient (Wildman–Crippen LogP) is 9.11. The van der Waals surface area contributed by atoms with Crippen molar-refractivity contribution in [2.24, 2.45) is 5.92 Å². The van der Waals surface area contributed by atoms with E-state index in [1.165, 1.54) is 42.1 Å². The number of nitrogens with zero attached hydrogens (tertiary/aromatic N) is 2. The molecule has 0 aliphatic carbocycles. The van der Waals surface area contributed by atoms with Crippen LogP contribution < -0.4 is 0 Å². The molecule has 0 N–H and O–H groups in total. The van der Waals surface area contributed by atoms with Crippen LogP contribution in [0.25, 0.3) is 31.6 Å². The molecular formula is C28H30N2S3. The Kier molecular flexibility index (Phi) is 6.09. The first-order chi connectivity index (χ1) is 15.8. The van der Waals surface area contributed by atoms with E-state index in [1.54, 1.807) is 18.1 Å². The predicted molar refractivity (Wildman–Crippen MR) is 148 cm³/mol. The Hall–Kier alpha value is -1.82. The van der Waals surface area contributed by atoms with Gasteiger partial charge in [-0.3, -0.25) is 0 Å². The molecule has 3 heterocycles. The van der Waals surface area contributed by atoms with Gasteiger partial charge in [-0.25, -0.2) is 9.97 Å². The molecule has 1 aliphatic heterocycles. The topological polar surface area (TPSA) is 25.8 Å². The standard InChI is InChI=1S/C28H30N2S3/c1-7-31-22-9-8-17(13-20(22)28(4,5)6)25-27-26(30-15-29-25)24-19-14-18(12-16(2)3)32-21(19)10-11-23(24)33-27/h7-11,13,15-16,18H,1,12,14H2,2-6H3. The van der Waals surface area contributed by atoms with Crippen molar-refractivity contribution < 1.29 is 0 Å². The van der Waals surface area contributed by atoms with E-state index < -0.39 is 0 Å². The molecule has 2 nitrogen and oxygen atoms in total. The average Bonchev–Trinajstić information content (AvgIpc) is 3.33. The van der Waals surface area contributed by atoms with Gasteiger partial charge in [-0.2, -0.15) is 0 Å². The zero-order chi connectivity index (χ0) is 23.3. The lowest BCUT2D eigenvalue weighted by atomic mass is 9.85. The van der Waals surface area contributed by atoms with Crippen LogP contribution in [0.5, 0.6) is 0 Å². The van der Waals surface area contributed by atoms with Gasteiger partial charge in [-0.05, 0) is 65.0 Å². The van der Waals surface area contributed by atoms with Crippen molar-refractivity contribution in [1.29, 1.82) is 0 Å². The van der Waals surface area contributed by atoms with Gasteiger partial charge in [-0.1, -0.05) is 59.0 Å². The minimum absolute atomic E-state index is 0.0388. The maximum atomic E-state index is 4.81. The van der Waals surface area contributed by atoms with Crippen LogP contribution in [0, 0.1) is 5.92 Å². The van der Waals surface area contributed by atoms with E-state index in [0.717, 1.165) is 29.1 Å². The normalized spacial score (nSPS) is 16.1. The van der Waals surface area contributed by atoms with Crippen LogP contribution in [-0.4, -0.2) is 15.2 Å². The summed E-state index contributed by atoms with van der Waals surface area (Å²) in [6, 6.07) is 11.3. The van der Waals surface area contributed by atoms with Gasteiger partial charge in [0, 0.05) is 30.7 Å². The number of rotatable bonds is 5. The molecule has 0 saturated heterocycles. The van der Waals surface area contributed by atoms with Crippen LogP contribution >= 0.6 is 34.9 Å². The van der Waals surface area contributed by atoms with E-state index in [-0.39, 0.29) is 5.41 Å². The van der Waals surface area contributed by atoms with Crippen molar-refractivity contribution in [3.63, 3.8) is 0 Å². The first-order valence-corrected chi connectivity index (χ1v) is 14.1. The number of thiophene rings is 1. The molecule has 0 bridgehead atoms. The molecular weight excluding hydrogens is 461 g/mol. The van der Waals surface area contributed by atoms with Gasteiger partial charge in [0.2, 0.25) is 0 Å². The van der Waals surface area contributed by atoms with E-state index in [0.29, 0.717) is 5.25 Å². The van der Waals surface area contributed by atoms with E-state index in [9.17, 15) is 0 Å². The molecule has 0 spiro atoms. The van der Waals surface area contributed by atoms with Crippen LogP contribution in [-0.2, 0) is 11.8 Å². The molecule has 0 amide bonds. The third kappa shape index (κ3) is 4.24. The molecule has 5 heteroatoms. The third-order valence-electron chi connectivity index (χ3n) is 6.22. The van der Waals surface area contributed by atoms with Gasteiger partial charge in [0.1, 0.15) is 6.33 Å². The summed E-state index contributed by atoms with van der Waals surface area (Å²) in [5.41, 5.74) is 6.18. The van der Waals surface area contributed by atoms with E-state index >= 15 is 0 Å². The maximum Gasteiger partial charge on any atom is 0.116 e. The molecule has 0 radical (unpaired) electrons. The van der Waals surface area contributed by atoms with Gasteiger partial charge in [-0.15, -0.1) is 23.1 Å². The van der Waals surface area contributed by atoms with Crippen molar-refractivity contribution in [3.05, 3.63) is 59.8 Å². The number of thioether (sulfide) groups is 2. The highest BCUT2D eigenvalue weighted by Gasteiger charge is 2.27. The SMILES string of the molecule is C=CSc1ccc(-c2ncnc3c2sc2ccc4c(c23)CC(CC(C)C)S4)cc1C(C)(C)C. The average molecular weight is 491 g/mol. The van der Waals surface area contributed by atoms with Gasteiger partial charge < -0.3 is 0 Å². The van der Waals surface area contributed by atoms with E-state index in [2.05, 4.69) is 83.3 Å². The lowest BCUT2D eigenvalue weighted by Crippen LogP contribution is -2.12. The molecule has 1 atom stereocenters. The van der Waals surface area contributed by atoms with Gasteiger partial charge >= 0.3 is 0 Å². The minimum Gasteiger partial charge on any atom is -0.235 e. The lowest BCUT2D eigenvalue weighted by Gasteiger charge is -2.23.